The molecule has 1 aliphatic rings. The lowest BCUT2D eigenvalue weighted by Crippen LogP contribution is -2.20. The Labute approximate surface area is 107 Å². The predicted molar refractivity (Wildman–Crippen MR) is 67.0 cm³/mol. The van der Waals surface area contributed by atoms with Crippen LogP contribution in [0.2, 0.25) is 0 Å². The SMILES string of the molecule is NS(=O)(=O)c1ccc(O)c(OC2CCCCC2)c1. The van der Waals surface area contributed by atoms with Crippen LogP contribution in [-0.2, 0) is 10.0 Å². The topological polar surface area (TPSA) is 89.6 Å². The van der Waals surface area contributed by atoms with Gasteiger partial charge in [0, 0.05) is 6.07 Å². The third kappa shape index (κ3) is 3.14. The zero-order chi connectivity index (χ0) is 13.2. The summed E-state index contributed by atoms with van der Waals surface area (Å²) in [6.07, 6.45) is 5.29. The van der Waals surface area contributed by atoms with Gasteiger partial charge in [-0.3, -0.25) is 0 Å². The maximum Gasteiger partial charge on any atom is 0.238 e. The minimum absolute atomic E-state index is 0.0420. The highest BCUT2D eigenvalue weighted by Crippen LogP contribution is 2.32. The number of sulfonamides is 1. The number of hydrogen-bond donors (Lipinski definition) is 2. The van der Waals surface area contributed by atoms with Crippen LogP contribution in [0.5, 0.6) is 11.5 Å². The Bertz CT molecular complexity index is 521. The van der Waals surface area contributed by atoms with Crippen LogP contribution in [0, 0.1) is 0 Å². The highest BCUT2D eigenvalue weighted by molar-refractivity contribution is 7.89. The molecule has 1 aromatic carbocycles. The summed E-state index contributed by atoms with van der Waals surface area (Å²) in [5.74, 6) is 0.126. The van der Waals surface area contributed by atoms with Crippen molar-refractivity contribution in [3.63, 3.8) is 0 Å². The Morgan fingerprint density at radius 2 is 1.89 bits per heavy atom. The number of primary sulfonamides is 1. The van der Waals surface area contributed by atoms with Crippen LogP contribution in [0.25, 0.3) is 0 Å². The van der Waals surface area contributed by atoms with Crippen molar-refractivity contribution in [3.8, 4) is 11.5 Å². The van der Waals surface area contributed by atoms with E-state index in [0.29, 0.717) is 0 Å². The van der Waals surface area contributed by atoms with Crippen LogP contribution >= 0.6 is 0 Å². The second-order valence-electron chi connectivity index (χ2n) is 4.55. The van der Waals surface area contributed by atoms with E-state index >= 15 is 0 Å². The maximum absolute atomic E-state index is 11.2. The molecule has 5 nitrogen and oxygen atoms in total. The fraction of sp³-hybridized carbons (Fsp3) is 0.500. The first kappa shape index (κ1) is 13.2. The first-order valence-electron chi connectivity index (χ1n) is 5.99. The van der Waals surface area contributed by atoms with Gasteiger partial charge in [-0.2, -0.15) is 0 Å². The van der Waals surface area contributed by atoms with E-state index in [9.17, 15) is 13.5 Å². The molecule has 0 atom stereocenters. The number of benzene rings is 1. The number of phenols is 1. The van der Waals surface area contributed by atoms with E-state index in [0.717, 1.165) is 25.7 Å². The van der Waals surface area contributed by atoms with Crippen molar-refractivity contribution in [2.45, 2.75) is 43.1 Å². The molecular formula is C12H17NO4S. The lowest BCUT2D eigenvalue weighted by molar-refractivity contribution is 0.149. The van der Waals surface area contributed by atoms with Gasteiger partial charge < -0.3 is 9.84 Å². The monoisotopic (exact) mass is 271 g/mol. The molecule has 1 fully saturated rings. The van der Waals surface area contributed by atoms with Crippen LogP contribution < -0.4 is 9.88 Å². The summed E-state index contributed by atoms with van der Waals surface area (Å²) in [6, 6.07) is 3.83. The van der Waals surface area contributed by atoms with Gasteiger partial charge in [0.2, 0.25) is 10.0 Å². The summed E-state index contributed by atoms with van der Waals surface area (Å²) in [5.41, 5.74) is 0. The zero-order valence-corrected chi connectivity index (χ0v) is 10.8. The molecule has 0 heterocycles. The van der Waals surface area contributed by atoms with Gasteiger partial charge in [0.25, 0.3) is 0 Å². The van der Waals surface area contributed by atoms with Gasteiger partial charge in [0.05, 0.1) is 11.0 Å². The zero-order valence-electron chi connectivity index (χ0n) is 10.0. The van der Waals surface area contributed by atoms with Crippen LogP contribution in [-0.4, -0.2) is 19.6 Å². The van der Waals surface area contributed by atoms with Crippen molar-refractivity contribution >= 4 is 10.0 Å². The van der Waals surface area contributed by atoms with Gasteiger partial charge in [-0.05, 0) is 37.8 Å². The minimum Gasteiger partial charge on any atom is -0.504 e. The number of phenolic OH excluding ortho intramolecular Hbond substituents is 1. The Hall–Kier alpha value is -1.27. The van der Waals surface area contributed by atoms with Gasteiger partial charge in [0.15, 0.2) is 11.5 Å². The summed E-state index contributed by atoms with van der Waals surface area (Å²) in [7, 11) is -3.77. The van der Waals surface area contributed by atoms with Gasteiger partial charge in [-0.1, -0.05) is 6.42 Å². The molecule has 0 aliphatic heterocycles. The average molecular weight is 271 g/mol. The minimum atomic E-state index is -3.77. The number of rotatable bonds is 3. The lowest BCUT2D eigenvalue weighted by Gasteiger charge is -2.23. The molecule has 1 saturated carbocycles. The molecule has 0 aromatic heterocycles. The fourth-order valence-electron chi connectivity index (χ4n) is 2.13. The first-order valence-corrected chi connectivity index (χ1v) is 7.54. The second-order valence-corrected chi connectivity index (χ2v) is 6.11. The molecular weight excluding hydrogens is 254 g/mol. The van der Waals surface area contributed by atoms with Crippen molar-refractivity contribution < 1.29 is 18.3 Å². The van der Waals surface area contributed by atoms with Crippen molar-refractivity contribution in [2.75, 3.05) is 0 Å². The quantitative estimate of drug-likeness (QED) is 0.876. The standard InChI is InChI=1S/C12H17NO4S/c13-18(15,16)10-6-7-11(14)12(8-10)17-9-4-2-1-3-5-9/h6-9,14H,1-5H2,(H2,13,15,16). The first-order chi connectivity index (χ1) is 8.47. The van der Waals surface area contributed by atoms with Gasteiger partial charge in [0.1, 0.15) is 0 Å². The summed E-state index contributed by atoms with van der Waals surface area (Å²) >= 11 is 0. The molecule has 0 saturated heterocycles. The molecule has 1 aliphatic carbocycles. The summed E-state index contributed by atoms with van der Waals surface area (Å²) < 4.78 is 28.1. The maximum atomic E-state index is 11.2. The molecule has 0 radical (unpaired) electrons. The van der Waals surface area contributed by atoms with Gasteiger partial charge in [-0.15, -0.1) is 0 Å². The Balaban J connectivity index is 2.21. The molecule has 1 aromatic rings. The molecule has 6 heteroatoms. The van der Waals surface area contributed by atoms with E-state index in [1.807, 2.05) is 0 Å². The average Bonchev–Trinajstić information content (AvgIpc) is 2.32. The van der Waals surface area contributed by atoms with E-state index < -0.39 is 10.0 Å². The molecule has 3 N–H and O–H groups in total. The summed E-state index contributed by atoms with van der Waals surface area (Å²) in [6.45, 7) is 0. The largest absolute Gasteiger partial charge is 0.504 e. The van der Waals surface area contributed by atoms with Crippen molar-refractivity contribution in [3.05, 3.63) is 18.2 Å². The number of nitrogens with two attached hydrogens (primary N) is 1. The fourth-order valence-corrected chi connectivity index (χ4v) is 2.66. The second kappa shape index (κ2) is 5.16. The van der Waals surface area contributed by atoms with E-state index in [4.69, 9.17) is 9.88 Å². The van der Waals surface area contributed by atoms with Gasteiger partial charge in [-0.25, -0.2) is 13.6 Å². The number of ether oxygens (including phenoxy) is 1. The summed E-state index contributed by atoms with van der Waals surface area (Å²) in [5, 5.41) is 14.7. The third-order valence-corrected chi connectivity index (χ3v) is 4.02. The normalized spacial score (nSPS) is 17.6. The number of hydrogen-bond acceptors (Lipinski definition) is 4. The predicted octanol–water partition coefficient (Wildman–Crippen LogP) is 1.75. The van der Waals surface area contributed by atoms with Crippen molar-refractivity contribution in [1.82, 2.24) is 0 Å². The van der Waals surface area contributed by atoms with E-state index in [2.05, 4.69) is 0 Å². The van der Waals surface area contributed by atoms with E-state index in [1.165, 1.54) is 24.6 Å². The van der Waals surface area contributed by atoms with Crippen LogP contribution in [0.3, 0.4) is 0 Å². The molecule has 0 amide bonds. The molecule has 2 rings (SSSR count). The van der Waals surface area contributed by atoms with Gasteiger partial charge >= 0.3 is 0 Å². The molecule has 18 heavy (non-hydrogen) atoms. The molecule has 0 spiro atoms. The molecule has 0 unspecified atom stereocenters. The van der Waals surface area contributed by atoms with Crippen molar-refractivity contribution in [1.29, 1.82) is 0 Å². The smallest absolute Gasteiger partial charge is 0.238 e. The Morgan fingerprint density at radius 1 is 1.22 bits per heavy atom. The van der Waals surface area contributed by atoms with Crippen molar-refractivity contribution in [2.24, 2.45) is 5.14 Å². The van der Waals surface area contributed by atoms with E-state index in [-0.39, 0.29) is 22.5 Å². The Kier molecular flexibility index (Phi) is 3.77. The van der Waals surface area contributed by atoms with Crippen LogP contribution in [0.4, 0.5) is 0 Å². The van der Waals surface area contributed by atoms with E-state index in [1.54, 1.807) is 0 Å². The lowest BCUT2D eigenvalue weighted by atomic mass is 9.98. The highest BCUT2D eigenvalue weighted by atomic mass is 32.2. The Morgan fingerprint density at radius 3 is 2.50 bits per heavy atom. The van der Waals surface area contributed by atoms with Crippen LogP contribution in [0.1, 0.15) is 32.1 Å². The third-order valence-electron chi connectivity index (χ3n) is 3.11. The van der Waals surface area contributed by atoms with Crippen LogP contribution in [0.15, 0.2) is 23.1 Å². The number of aromatic hydroxyl groups is 1. The molecule has 100 valence electrons. The molecule has 0 bridgehead atoms. The summed E-state index contributed by atoms with van der Waals surface area (Å²) in [4.78, 5) is -0.0499. The highest BCUT2D eigenvalue weighted by Gasteiger charge is 2.18.